The molecule has 2 nitrogen and oxygen atoms in total. The fourth-order valence-electron chi connectivity index (χ4n) is 2.57. The second-order valence-corrected chi connectivity index (χ2v) is 5.69. The molecule has 0 aliphatic rings. The molecule has 3 aromatic rings. The van der Waals surface area contributed by atoms with Crippen LogP contribution in [0, 0.1) is 6.92 Å². The Kier molecular flexibility index (Phi) is 3.70. The van der Waals surface area contributed by atoms with Crippen LogP contribution in [-0.2, 0) is 0 Å². The Hall–Kier alpha value is -2.22. The van der Waals surface area contributed by atoms with Gasteiger partial charge in [-0.05, 0) is 43.0 Å². The smallest absolute Gasteiger partial charge is 0.159 e. The summed E-state index contributed by atoms with van der Waals surface area (Å²) in [5.74, 6) is 1.37. The molecule has 0 saturated heterocycles. The normalized spacial score (nSPS) is 12.5. The Morgan fingerprint density at radius 1 is 1.10 bits per heavy atom. The number of hydrogen-bond donors (Lipinski definition) is 0. The highest BCUT2D eigenvalue weighted by atomic mass is 14.9. The van der Waals surface area contributed by atoms with Crippen molar-refractivity contribution in [1.82, 2.24) is 9.97 Å². The van der Waals surface area contributed by atoms with E-state index in [-0.39, 0.29) is 0 Å². The number of fused-ring (bicyclic) bond motifs is 1. The van der Waals surface area contributed by atoms with Gasteiger partial charge in [0.15, 0.2) is 5.82 Å². The van der Waals surface area contributed by atoms with Crippen molar-refractivity contribution in [3.63, 3.8) is 0 Å². The fraction of sp³-hybridized carbons (Fsp3) is 0.263. The summed E-state index contributed by atoms with van der Waals surface area (Å²) in [6, 6.07) is 14.8. The van der Waals surface area contributed by atoms with Gasteiger partial charge in [-0.15, -0.1) is 0 Å². The molecule has 1 heterocycles. The third-order valence-electron chi connectivity index (χ3n) is 4.03. The maximum atomic E-state index is 4.70. The molecule has 0 fully saturated rings. The summed E-state index contributed by atoms with van der Waals surface area (Å²) in [6.07, 6.45) is 3.05. The first-order valence-electron chi connectivity index (χ1n) is 7.51. The standard InChI is InChI=1S/C19H20N2/c1-4-14(3)16-9-13(2)10-17(11-16)19-20-12-15-7-5-6-8-18(15)21-19/h5-12,14H,4H2,1-3H3. The lowest BCUT2D eigenvalue weighted by molar-refractivity contribution is 0.733. The average molecular weight is 276 g/mol. The lowest BCUT2D eigenvalue weighted by Gasteiger charge is -2.12. The summed E-state index contributed by atoms with van der Waals surface area (Å²) in [7, 11) is 0. The topological polar surface area (TPSA) is 25.8 Å². The highest BCUT2D eigenvalue weighted by Gasteiger charge is 2.09. The Bertz CT molecular complexity index is 777. The molecule has 0 saturated carbocycles. The summed E-state index contributed by atoms with van der Waals surface area (Å²) in [6.45, 7) is 6.62. The van der Waals surface area contributed by atoms with Gasteiger partial charge in [0.25, 0.3) is 0 Å². The molecular weight excluding hydrogens is 256 g/mol. The van der Waals surface area contributed by atoms with Crippen LogP contribution in [0.25, 0.3) is 22.3 Å². The minimum absolute atomic E-state index is 0.559. The molecule has 0 N–H and O–H groups in total. The molecule has 0 amide bonds. The van der Waals surface area contributed by atoms with Gasteiger partial charge in [-0.3, -0.25) is 0 Å². The number of nitrogens with zero attached hydrogens (tertiary/aromatic N) is 2. The van der Waals surface area contributed by atoms with Crippen molar-refractivity contribution in [3.8, 4) is 11.4 Å². The van der Waals surface area contributed by atoms with Crippen LogP contribution in [-0.4, -0.2) is 9.97 Å². The third kappa shape index (κ3) is 2.80. The summed E-state index contributed by atoms with van der Waals surface area (Å²) < 4.78 is 0. The van der Waals surface area contributed by atoms with Gasteiger partial charge in [0.2, 0.25) is 0 Å². The molecule has 1 unspecified atom stereocenters. The average Bonchev–Trinajstić information content (AvgIpc) is 2.53. The summed E-state index contributed by atoms with van der Waals surface area (Å²) in [5, 5.41) is 1.08. The van der Waals surface area contributed by atoms with Crippen molar-refractivity contribution in [2.24, 2.45) is 0 Å². The number of benzene rings is 2. The van der Waals surface area contributed by atoms with Crippen LogP contribution in [0.2, 0.25) is 0 Å². The maximum Gasteiger partial charge on any atom is 0.159 e. The van der Waals surface area contributed by atoms with Crippen molar-refractivity contribution in [3.05, 3.63) is 59.8 Å². The van der Waals surface area contributed by atoms with Crippen LogP contribution >= 0.6 is 0 Å². The van der Waals surface area contributed by atoms with E-state index in [0.717, 1.165) is 28.7 Å². The Morgan fingerprint density at radius 3 is 2.71 bits per heavy atom. The van der Waals surface area contributed by atoms with Crippen molar-refractivity contribution >= 4 is 10.9 Å². The highest BCUT2D eigenvalue weighted by molar-refractivity contribution is 5.79. The second-order valence-electron chi connectivity index (χ2n) is 5.69. The zero-order valence-corrected chi connectivity index (χ0v) is 12.8. The molecular formula is C19H20N2. The molecule has 106 valence electrons. The van der Waals surface area contributed by atoms with Crippen LogP contribution in [0.5, 0.6) is 0 Å². The monoisotopic (exact) mass is 276 g/mol. The number of rotatable bonds is 3. The highest BCUT2D eigenvalue weighted by Crippen LogP contribution is 2.26. The molecule has 3 rings (SSSR count). The minimum Gasteiger partial charge on any atom is -0.236 e. The molecule has 2 heteroatoms. The first-order valence-corrected chi connectivity index (χ1v) is 7.51. The van der Waals surface area contributed by atoms with E-state index in [1.54, 1.807) is 0 Å². The number of para-hydroxylation sites is 1. The molecule has 0 radical (unpaired) electrons. The molecule has 0 spiro atoms. The molecule has 0 bridgehead atoms. The van der Waals surface area contributed by atoms with Crippen LogP contribution in [0.15, 0.2) is 48.7 Å². The number of aryl methyl sites for hydroxylation is 1. The molecule has 2 aromatic carbocycles. The van der Waals surface area contributed by atoms with Gasteiger partial charge in [-0.2, -0.15) is 0 Å². The van der Waals surface area contributed by atoms with Gasteiger partial charge < -0.3 is 0 Å². The summed E-state index contributed by atoms with van der Waals surface area (Å²) in [5.41, 5.74) is 4.73. The van der Waals surface area contributed by atoms with Crippen LogP contribution < -0.4 is 0 Å². The van der Waals surface area contributed by atoms with Gasteiger partial charge in [-0.1, -0.05) is 43.7 Å². The van der Waals surface area contributed by atoms with E-state index in [9.17, 15) is 0 Å². The van der Waals surface area contributed by atoms with E-state index in [1.165, 1.54) is 11.1 Å². The zero-order chi connectivity index (χ0) is 14.8. The lowest BCUT2D eigenvalue weighted by atomic mass is 9.94. The largest absolute Gasteiger partial charge is 0.236 e. The Labute approximate surface area is 125 Å². The predicted octanol–water partition coefficient (Wildman–Crippen LogP) is 5.12. The summed E-state index contributed by atoms with van der Waals surface area (Å²) in [4.78, 5) is 9.24. The van der Waals surface area contributed by atoms with E-state index in [0.29, 0.717) is 5.92 Å². The zero-order valence-electron chi connectivity index (χ0n) is 12.8. The molecule has 0 aliphatic carbocycles. The second kappa shape index (κ2) is 5.65. The van der Waals surface area contributed by atoms with Crippen molar-refractivity contribution in [1.29, 1.82) is 0 Å². The number of aromatic nitrogens is 2. The first kappa shape index (κ1) is 13.7. The van der Waals surface area contributed by atoms with Gasteiger partial charge in [-0.25, -0.2) is 9.97 Å². The van der Waals surface area contributed by atoms with Crippen LogP contribution in [0.4, 0.5) is 0 Å². The van der Waals surface area contributed by atoms with Crippen molar-refractivity contribution < 1.29 is 0 Å². The Morgan fingerprint density at radius 2 is 1.90 bits per heavy atom. The van der Waals surface area contributed by atoms with E-state index >= 15 is 0 Å². The summed E-state index contributed by atoms with van der Waals surface area (Å²) >= 11 is 0. The fourth-order valence-corrected chi connectivity index (χ4v) is 2.57. The van der Waals surface area contributed by atoms with Gasteiger partial charge >= 0.3 is 0 Å². The van der Waals surface area contributed by atoms with Crippen molar-refractivity contribution in [2.75, 3.05) is 0 Å². The van der Waals surface area contributed by atoms with Crippen LogP contribution in [0.1, 0.15) is 37.3 Å². The Balaban J connectivity index is 2.11. The molecule has 21 heavy (non-hydrogen) atoms. The van der Waals surface area contributed by atoms with Crippen molar-refractivity contribution in [2.45, 2.75) is 33.1 Å². The quantitative estimate of drug-likeness (QED) is 0.663. The molecule has 1 aromatic heterocycles. The minimum atomic E-state index is 0.559. The van der Waals surface area contributed by atoms with E-state index in [1.807, 2.05) is 30.5 Å². The predicted molar refractivity (Wildman–Crippen MR) is 88.4 cm³/mol. The van der Waals surface area contributed by atoms with Crippen LogP contribution in [0.3, 0.4) is 0 Å². The lowest BCUT2D eigenvalue weighted by Crippen LogP contribution is -1.96. The van der Waals surface area contributed by atoms with Gasteiger partial charge in [0.05, 0.1) is 5.52 Å². The van der Waals surface area contributed by atoms with E-state index in [2.05, 4.69) is 44.0 Å². The SMILES string of the molecule is CCC(C)c1cc(C)cc(-c2ncc3ccccc3n2)c1. The first-order chi connectivity index (χ1) is 10.2. The molecule has 1 atom stereocenters. The maximum absolute atomic E-state index is 4.70. The van der Waals surface area contributed by atoms with E-state index < -0.39 is 0 Å². The van der Waals surface area contributed by atoms with E-state index in [4.69, 9.17) is 4.98 Å². The molecule has 0 aliphatic heterocycles. The van der Waals surface area contributed by atoms with Gasteiger partial charge in [0.1, 0.15) is 0 Å². The van der Waals surface area contributed by atoms with Gasteiger partial charge in [0, 0.05) is 17.1 Å². The number of hydrogen-bond acceptors (Lipinski definition) is 2. The third-order valence-corrected chi connectivity index (χ3v) is 4.03.